The van der Waals surface area contributed by atoms with Gasteiger partial charge in [-0.05, 0) is 46.9 Å². The van der Waals surface area contributed by atoms with Gasteiger partial charge in [-0.1, -0.05) is 25.5 Å². The third-order valence-corrected chi connectivity index (χ3v) is 3.52. The van der Waals surface area contributed by atoms with E-state index < -0.39 is 0 Å². The van der Waals surface area contributed by atoms with Gasteiger partial charge < -0.3 is 10.1 Å². The van der Waals surface area contributed by atoms with E-state index in [0.717, 1.165) is 38.2 Å². The predicted molar refractivity (Wildman–Crippen MR) is 76.2 cm³/mol. The van der Waals surface area contributed by atoms with Crippen LogP contribution in [0.3, 0.4) is 0 Å². The molecule has 1 rings (SSSR count). The number of benzene rings is 1. The molecule has 0 aliphatic rings. The highest BCUT2D eigenvalue weighted by Gasteiger charge is 2.03. The van der Waals surface area contributed by atoms with Crippen LogP contribution in [-0.4, -0.2) is 19.8 Å². The number of ether oxygens (including phenoxy) is 1. The molecule has 102 valence electrons. The van der Waals surface area contributed by atoms with Crippen LogP contribution in [-0.2, 0) is 11.3 Å². The van der Waals surface area contributed by atoms with Gasteiger partial charge in [-0.15, -0.1) is 0 Å². The summed E-state index contributed by atoms with van der Waals surface area (Å²) in [7, 11) is 0. The standard InChI is InChI=1S/C14H21BrFNO/c1-2-3-9-18-10-5-8-17-11-12-6-4-7-13(16)14(12)15/h4,6-7,17H,2-3,5,8-11H2,1H3. The quantitative estimate of drug-likeness (QED) is 0.698. The molecule has 1 N–H and O–H groups in total. The summed E-state index contributed by atoms with van der Waals surface area (Å²) in [5, 5.41) is 3.28. The molecule has 0 fully saturated rings. The average Bonchev–Trinajstić information content (AvgIpc) is 2.37. The van der Waals surface area contributed by atoms with Gasteiger partial charge in [0.1, 0.15) is 5.82 Å². The molecule has 4 heteroatoms. The van der Waals surface area contributed by atoms with Crippen molar-refractivity contribution >= 4 is 15.9 Å². The predicted octanol–water partition coefficient (Wildman–Crippen LogP) is 3.88. The molecule has 0 unspecified atom stereocenters. The third-order valence-electron chi connectivity index (χ3n) is 2.63. The molecule has 0 aliphatic carbocycles. The molecule has 18 heavy (non-hydrogen) atoms. The number of halogens is 2. The van der Waals surface area contributed by atoms with Crippen LogP contribution in [0.25, 0.3) is 0 Å². The summed E-state index contributed by atoms with van der Waals surface area (Å²) in [5.74, 6) is -0.211. The first-order valence-electron chi connectivity index (χ1n) is 6.47. The number of rotatable bonds is 9. The molecular formula is C14H21BrFNO. The molecule has 0 amide bonds. The first-order chi connectivity index (χ1) is 8.75. The van der Waals surface area contributed by atoms with Gasteiger partial charge in [0.05, 0.1) is 4.47 Å². The number of hydrogen-bond donors (Lipinski definition) is 1. The Bertz CT molecular complexity index is 347. The zero-order valence-electron chi connectivity index (χ0n) is 10.8. The van der Waals surface area contributed by atoms with Gasteiger partial charge in [0.15, 0.2) is 0 Å². The highest BCUT2D eigenvalue weighted by molar-refractivity contribution is 9.10. The van der Waals surface area contributed by atoms with Crippen LogP contribution in [0.4, 0.5) is 4.39 Å². The summed E-state index contributed by atoms with van der Waals surface area (Å²) in [5.41, 5.74) is 0.946. The Labute approximate surface area is 117 Å². The van der Waals surface area contributed by atoms with Crippen molar-refractivity contribution < 1.29 is 9.13 Å². The van der Waals surface area contributed by atoms with Crippen LogP contribution in [0.1, 0.15) is 31.7 Å². The maximum atomic E-state index is 13.2. The molecule has 0 heterocycles. The molecular weight excluding hydrogens is 297 g/mol. The van der Waals surface area contributed by atoms with Gasteiger partial charge in [0.25, 0.3) is 0 Å². The van der Waals surface area contributed by atoms with E-state index in [0.29, 0.717) is 11.0 Å². The van der Waals surface area contributed by atoms with Crippen LogP contribution in [0, 0.1) is 5.82 Å². The van der Waals surface area contributed by atoms with Crippen molar-refractivity contribution in [3.05, 3.63) is 34.1 Å². The van der Waals surface area contributed by atoms with E-state index in [2.05, 4.69) is 28.2 Å². The SMILES string of the molecule is CCCCOCCCNCc1cccc(F)c1Br. The van der Waals surface area contributed by atoms with Crippen LogP contribution >= 0.6 is 15.9 Å². The zero-order valence-corrected chi connectivity index (χ0v) is 12.4. The second-order valence-corrected chi connectivity index (χ2v) is 5.00. The summed E-state index contributed by atoms with van der Waals surface area (Å²) in [6.07, 6.45) is 3.28. The Hall–Kier alpha value is -0.450. The Kier molecular flexibility index (Phi) is 8.22. The Morgan fingerprint density at radius 1 is 1.28 bits per heavy atom. The third kappa shape index (κ3) is 5.94. The maximum Gasteiger partial charge on any atom is 0.137 e. The van der Waals surface area contributed by atoms with Crippen molar-refractivity contribution in [1.29, 1.82) is 0 Å². The molecule has 0 saturated heterocycles. The van der Waals surface area contributed by atoms with Gasteiger partial charge in [-0.3, -0.25) is 0 Å². The number of nitrogens with one attached hydrogen (secondary N) is 1. The molecule has 1 aromatic rings. The topological polar surface area (TPSA) is 21.3 Å². The van der Waals surface area contributed by atoms with E-state index in [-0.39, 0.29) is 5.82 Å². The Morgan fingerprint density at radius 3 is 2.83 bits per heavy atom. The van der Waals surface area contributed by atoms with Crippen molar-refractivity contribution in [3.63, 3.8) is 0 Å². The smallest absolute Gasteiger partial charge is 0.137 e. The van der Waals surface area contributed by atoms with Crippen LogP contribution in [0.2, 0.25) is 0 Å². The Balaban J connectivity index is 2.09. The molecule has 0 spiro atoms. The van der Waals surface area contributed by atoms with Crippen molar-refractivity contribution in [2.24, 2.45) is 0 Å². The van der Waals surface area contributed by atoms with E-state index in [1.165, 1.54) is 12.5 Å². The summed E-state index contributed by atoms with van der Waals surface area (Å²) < 4.78 is 19.2. The molecule has 0 aromatic heterocycles. The van der Waals surface area contributed by atoms with E-state index in [1.807, 2.05) is 6.07 Å². The minimum absolute atomic E-state index is 0.211. The summed E-state index contributed by atoms with van der Waals surface area (Å²) >= 11 is 3.25. The fraction of sp³-hybridized carbons (Fsp3) is 0.571. The van der Waals surface area contributed by atoms with Crippen LogP contribution in [0.15, 0.2) is 22.7 Å². The molecule has 0 bridgehead atoms. The van der Waals surface area contributed by atoms with Gasteiger partial charge in [-0.25, -0.2) is 4.39 Å². The Morgan fingerprint density at radius 2 is 2.06 bits per heavy atom. The molecule has 2 nitrogen and oxygen atoms in total. The maximum absolute atomic E-state index is 13.2. The van der Waals surface area contributed by atoms with Crippen molar-refractivity contribution in [1.82, 2.24) is 5.32 Å². The lowest BCUT2D eigenvalue weighted by Crippen LogP contribution is -2.17. The molecule has 1 aromatic carbocycles. The molecule has 0 aliphatic heterocycles. The van der Waals surface area contributed by atoms with E-state index in [9.17, 15) is 4.39 Å². The number of unbranched alkanes of at least 4 members (excludes halogenated alkanes) is 1. The highest BCUT2D eigenvalue weighted by atomic mass is 79.9. The van der Waals surface area contributed by atoms with Gasteiger partial charge in [0, 0.05) is 19.8 Å². The second kappa shape index (κ2) is 9.48. The van der Waals surface area contributed by atoms with E-state index >= 15 is 0 Å². The largest absolute Gasteiger partial charge is 0.381 e. The molecule has 0 saturated carbocycles. The monoisotopic (exact) mass is 317 g/mol. The van der Waals surface area contributed by atoms with Gasteiger partial charge in [-0.2, -0.15) is 0 Å². The summed E-state index contributed by atoms with van der Waals surface area (Å²) in [4.78, 5) is 0. The molecule has 0 atom stereocenters. The minimum atomic E-state index is -0.211. The molecule has 0 radical (unpaired) electrons. The lowest BCUT2D eigenvalue weighted by Gasteiger charge is -2.07. The van der Waals surface area contributed by atoms with Crippen LogP contribution in [0.5, 0.6) is 0 Å². The van der Waals surface area contributed by atoms with Gasteiger partial charge in [0.2, 0.25) is 0 Å². The van der Waals surface area contributed by atoms with E-state index in [1.54, 1.807) is 6.07 Å². The van der Waals surface area contributed by atoms with Crippen LogP contribution < -0.4 is 5.32 Å². The summed E-state index contributed by atoms with van der Waals surface area (Å²) in [6, 6.07) is 5.10. The number of hydrogen-bond acceptors (Lipinski definition) is 2. The fourth-order valence-corrected chi connectivity index (χ4v) is 1.96. The zero-order chi connectivity index (χ0) is 13.2. The van der Waals surface area contributed by atoms with Crippen molar-refractivity contribution in [2.75, 3.05) is 19.8 Å². The fourth-order valence-electron chi connectivity index (χ4n) is 1.56. The first kappa shape index (κ1) is 15.6. The first-order valence-corrected chi connectivity index (χ1v) is 7.26. The summed E-state index contributed by atoms with van der Waals surface area (Å²) in [6.45, 7) is 5.35. The second-order valence-electron chi connectivity index (χ2n) is 4.21. The minimum Gasteiger partial charge on any atom is -0.381 e. The average molecular weight is 318 g/mol. The lowest BCUT2D eigenvalue weighted by atomic mass is 10.2. The van der Waals surface area contributed by atoms with Crippen molar-refractivity contribution in [2.45, 2.75) is 32.7 Å². The van der Waals surface area contributed by atoms with E-state index in [4.69, 9.17) is 4.74 Å². The normalized spacial score (nSPS) is 10.8. The van der Waals surface area contributed by atoms with Gasteiger partial charge >= 0.3 is 0 Å². The highest BCUT2D eigenvalue weighted by Crippen LogP contribution is 2.19. The van der Waals surface area contributed by atoms with Crippen molar-refractivity contribution in [3.8, 4) is 0 Å². The lowest BCUT2D eigenvalue weighted by molar-refractivity contribution is 0.128.